The molecule has 4 atom stereocenters. The molecule has 5 N–H and O–H groups in total. The van der Waals surface area contributed by atoms with Gasteiger partial charge in [0.25, 0.3) is 0 Å². The predicted molar refractivity (Wildman–Crippen MR) is 90.2 cm³/mol. The zero-order valence-corrected chi connectivity index (χ0v) is 14.4. The lowest BCUT2D eigenvalue weighted by atomic mass is 9.71. The second-order valence-corrected chi connectivity index (χ2v) is 7.91. The number of nitrogens with zero attached hydrogens (tertiary/aromatic N) is 2. The van der Waals surface area contributed by atoms with Gasteiger partial charge in [-0.25, -0.2) is 4.79 Å². The van der Waals surface area contributed by atoms with Gasteiger partial charge in [0.15, 0.2) is 10.9 Å². The average molecular weight is 371 g/mol. The molecule has 0 bridgehead atoms. The van der Waals surface area contributed by atoms with Crippen LogP contribution in [-0.4, -0.2) is 59.7 Å². The van der Waals surface area contributed by atoms with Crippen molar-refractivity contribution in [1.82, 2.24) is 9.55 Å². The monoisotopic (exact) mass is 371 g/mol. The number of fused-ring (bicyclic) bond motifs is 1. The number of carboxylic acids is 1. The highest BCUT2D eigenvalue weighted by Crippen LogP contribution is 2.47. The van der Waals surface area contributed by atoms with Crippen LogP contribution in [0.15, 0.2) is 27.3 Å². The van der Waals surface area contributed by atoms with Crippen LogP contribution in [0.1, 0.15) is 0 Å². The minimum atomic E-state index is -1.04. The number of nitrogens with two attached hydrogens (primary N) is 1. The van der Waals surface area contributed by atoms with E-state index in [4.69, 9.17) is 5.73 Å². The van der Waals surface area contributed by atoms with E-state index in [1.54, 1.807) is 18.8 Å². The van der Waals surface area contributed by atoms with Crippen LogP contribution in [0.2, 0.25) is 0 Å². The first kappa shape index (κ1) is 17.3. The van der Waals surface area contributed by atoms with Crippen LogP contribution in [0, 0.1) is 5.92 Å². The number of thioether (sulfide) groups is 2. The Bertz CT molecular complexity index is 778. The van der Waals surface area contributed by atoms with E-state index in [1.807, 2.05) is 0 Å². The maximum atomic E-state index is 11.7. The van der Waals surface area contributed by atoms with Crippen molar-refractivity contribution >= 4 is 29.5 Å². The Balaban J connectivity index is 1.84. The Hall–Kier alpha value is -1.49. The van der Waals surface area contributed by atoms with Crippen LogP contribution < -0.4 is 11.3 Å². The van der Waals surface area contributed by atoms with E-state index in [1.165, 1.54) is 22.5 Å². The summed E-state index contributed by atoms with van der Waals surface area (Å²) < 4.78 is 1.51. The zero-order chi connectivity index (χ0) is 17.6. The number of aromatic hydroxyl groups is 1. The Morgan fingerprint density at radius 3 is 2.96 bits per heavy atom. The molecule has 2 aliphatic rings. The van der Waals surface area contributed by atoms with Gasteiger partial charge in [0.05, 0.1) is 12.3 Å². The number of carboxylic acid groups (broad SMARTS) is 1. The first-order chi connectivity index (χ1) is 11.3. The Morgan fingerprint density at radius 2 is 2.29 bits per heavy atom. The summed E-state index contributed by atoms with van der Waals surface area (Å²) in [6.45, 7) is 0. The molecule has 4 unspecified atom stereocenters. The van der Waals surface area contributed by atoms with Crippen molar-refractivity contribution in [3.63, 3.8) is 0 Å². The minimum Gasteiger partial charge on any atom is -0.502 e. The zero-order valence-electron chi connectivity index (χ0n) is 12.7. The maximum Gasteiger partial charge on any atom is 0.332 e. The van der Waals surface area contributed by atoms with Gasteiger partial charge in [0.2, 0.25) is 0 Å². The summed E-state index contributed by atoms with van der Waals surface area (Å²) >= 11 is 2.77. The first-order valence-corrected chi connectivity index (χ1v) is 9.24. The highest BCUT2D eigenvalue weighted by Gasteiger charge is 2.53. The third-order valence-corrected chi connectivity index (χ3v) is 6.94. The summed E-state index contributed by atoms with van der Waals surface area (Å²) in [7, 11) is 1.64. The molecular weight excluding hydrogens is 354 g/mol. The fourth-order valence-electron chi connectivity index (χ4n) is 3.00. The summed E-state index contributed by atoms with van der Waals surface area (Å²) in [5, 5.41) is 29.2. The topological polar surface area (TPSA) is 139 Å². The highest BCUT2D eigenvalue weighted by atomic mass is 32.2. The van der Waals surface area contributed by atoms with E-state index in [0.717, 1.165) is 0 Å². The summed E-state index contributed by atoms with van der Waals surface area (Å²) in [6, 6.07) is -0.400. The molecule has 0 spiro atoms. The summed E-state index contributed by atoms with van der Waals surface area (Å²) in [4.78, 5) is 26.9. The molecule has 0 amide bonds. The molecule has 1 aromatic heterocycles. The van der Waals surface area contributed by atoms with Crippen molar-refractivity contribution in [2.75, 3.05) is 11.5 Å². The second-order valence-electron chi connectivity index (χ2n) is 5.81. The SMILES string of the molecule is Cn1cc(O)c(=O)nc1SCC1=C(C(=O)O)C2C(O)C(N)C2SC1. The molecule has 0 saturated heterocycles. The number of aromatic nitrogens is 2. The molecule has 1 saturated carbocycles. The first-order valence-electron chi connectivity index (χ1n) is 7.21. The molecule has 8 nitrogen and oxygen atoms in total. The highest BCUT2D eigenvalue weighted by molar-refractivity contribution is 8.01. The molecule has 1 aliphatic heterocycles. The Labute approximate surface area is 145 Å². The third-order valence-electron chi connectivity index (χ3n) is 4.30. The van der Waals surface area contributed by atoms with Gasteiger partial charge in [-0.1, -0.05) is 11.8 Å². The molecule has 0 aromatic carbocycles. The predicted octanol–water partition coefficient (Wildman–Crippen LogP) is -0.607. The average Bonchev–Trinajstić information content (AvgIpc) is 2.55. The minimum absolute atomic E-state index is 0.0731. The van der Waals surface area contributed by atoms with Crippen LogP contribution in [0.25, 0.3) is 0 Å². The molecule has 24 heavy (non-hydrogen) atoms. The molecular formula is C14H17N3O5S2. The Morgan fingerprint density at radius 1 is 1.58 bits per heavy atom. The number of aryl methyl sites for hydroxylation is 1. The van der Waals surface area contributed by atoms with E-state index < -0.39 is 35.3 Å². The van der Waals surface area contributed by atoms with Gasteiger partial charge in [-0.2, -0.15) is 16.7 Å². The molecule has 1 aromatic rings. The van der Waals surface area contributed by atoms with Gasteiger partial charge in [0, 0.05) is 41.3 Å². The summed E-state index contributed by atoms with van der Waals surface area (Å²) in [6.07, 6.45) is 0.426. The van der Waals surface area contributed by atoms with E-state index in [9.17, 15) is 24.9 Å². The number of hydrogen-bond acceptors (Lipinski definition) is 8. The van der Waals surface area contributed by atoms with Crippen LogP contribution in [0.3, 0.4) is 0 Å². The number of aliphatic carboxylic acids is 1. The van der Waals surface area contributed by atoms with Crippen molar-refractivity contribution in [2.45, 2.75) is 22.6 Å². The third kappa shape index (κ3) is 2.83. The van der Waals surface area contributed by atoms with Crippen molar-refractivity contribution in [1.29, 1.82) is 0 Å². The van der Waals surface area contributed by atoms with Crippen LogP contribution in [0.4, 0.5) is 0 Å². The van der Waals surface area contributed by atoms with Gasteiger partial charge in [-0.3, -0.25) is 4.79 Å². The standard InChI is InChI=1S/C14H17N3O5S2/c1-17-2-6(18)12(20)16-14(17)24-4-5-3-23-11-8(7(5)13(21)22)10(19)9(11)15/h2,8-11,18-19H,3-4,15H2,1H3,(H,21,22). The molecule has 2 heterocycles. The molecule has 130 valence electrons. The summed E-state index contributed by atoms with van der Waals surface area (Å²) in [5.41, 5.74) is 6.04. The fourth-order valence-corrected chi connectivity index (χ4v) is 5.63. The van der Waals surface area contributed by atoms with Crippen LogP contribution in [0.5, 0.6) is 5.75 Å². The van der Waals surface area contributed by atoms with E-state index in [2.05, 4.69) is 4.98 Å². The largest absolute Gasteiger partial charge is 0.502 e. The van der Waals surface area contributed by atoms with Crippen LogP contribution in [-0.2, 0) is 11.8 Å². The number of aliphatic hydroxyl groups is 1. The van der Waals surface area contributed by atoms with Gasteiger partial charge in [-0.15, -0.1) is 0 Å². The van der Waals surface area contributed by atoms with Crippen molar-refractivity contribution in [2.24, 2.45) is 18.7 Å². The number of carbonyl (C=O) groups is 1. The fraction of sp³-hybridized carbons (Fsp3) is 0.500. The number of rotatable bonds is 4. The van der Waals surface area contributed by atoms with Gasteiger partial charge in [0.1, 0.15) is 0 Å². The second kappa shape index (κ2) is 6.43. The number of aliphatic hydroxyl groups excluding tert-OH is 1. The molecule has 1 fully saturated rings. The smallest absolute Gasteiger partial charge is 0.332 e. The maximum absolute atomic E-state index is 11.7. The lowest BCUT2D eigenvalue weighted by Crippen LogP contribution is -2.65. The van der Waals surface area contributed by atoms with Gasteiger partial charge >= 0.3 is 11.5 Å². The number of hydrogen-bond donors (Lipinski definition) is 4. The lowest BCUT2D eigenvalue weighted by molar-refractivity contribution is -0.134. The molecule has 3 rings (SSSR count). The molecule has 10 heteroatoms. The lowest BCUT2D eigenvalue weighted by Gasteiger charge is -2.50. The van der Waals surface area contributed by atoms with E-state index in [0.29, 0.717) is 22.2 Å². The van der Waals surface area contributed by atoms with Gasteiger partial charge < -0.3 is 25.6 Å². The van der Waals surface area contributed by atoms with Crippen LogP contribution >= 0.6 is 23.5 Å². The van der Waals surface area contributed by atoms with E-state index >= 15 is 0 Å². The van der Waals surface area contributed by atoms with E-state index in [-0.39, 0.29) is 10.8 Å². The van der Waals surface area contributed by atoms with Crippen molar-refractivity contribution < 1.29 is 20.1 Å². The molecule has 0 radical (unpaired) electrons. The van der Waals surface area contributed by atoms with Crippen molar-refractivity contribution in [3.05, 3.63) is 27.7 Å². The van der Waals surface area contributed by atoms with Gasteiger partial charge in [-0.05, 0) is 5.57 Å². The quantitative estimate of drug-likeness (QED) is 0.403. The summed E-state index contributed by atoms with van der Waals surface area (Å²) in [5.74, 6) is -1.08. The van der Waals surface area contributed by atoms with Crippen molar-refractivity contribution in [3.8, 4) is 5.75 Å². The molecule has 1 aliphatic carbocycles. The normalized spacial score (nSPS) is 29.1. The Kier molecular flexibility index (Phi) is 4.65.